The summed E-state index contributed by atoms with van der Waals surface area (Å²) in [5, 5.41) is 0. The lowest BCUT2D eigenvalue weighted by Gasteiger charge is -2.33. The Hall–Kier alpha value is -0.120. The average molecular weight is 213 g/mol. The van der Waals surface area contributed by atoms with Crippen LogP contribution in [0, 0.1) is 5.41 Å². The first kappa shape index (κ1) is 11.4. The Morgan fingerprint density at radius 2 is 2.27 bits per heavy atom. The minimum Gasteiger partial charge on any atom is -0.381 e. The van der Waals surface area contributed by atoms with Gasteiger partial charge in [0.1, 0.15) is 0 Å². The van der Waals surface area contributed by atoms with Gasteiger partial charge in [0.2, 0.25) is 0 Å². The van der Waals surface area contributed by atoms with Crippen molar-refractivity contribution in [1.82, 2.24) is 4.90 Å². The Balaban J connectivity index is 1.75. The van der Waals surface area contributed by atoms with E-state index in [0.717, 1.165) is 32.9 Å². The summed E-state index contributed by atoms with van der Waals surface area (Å²) in [6.07, 6.45) is 3.10. The quantitative estimate of drug-likeness (QED) is 0.691. The molecule has 1 saturated heterocycles. The predicted octanol–water partition coefficient (Wildman–Crippen LogP) is 1.52. The van der Waals surface area contributed by atoms with Gasteiger partial charge in [0.05, 0.1) is 19.3 Å². The van der Waals surface area contributed by atoms with Crippen molar-refractivity contribution in [2.75, 3.05) is 39.5 Å². The van der Waals surface area contributed by atoms with Gasteiger partial charge in [-0.25, -0.2) is 0 Å². The molecule has 0 bridgehead atoms. The van der Waals surface area contributed by atoms with Crippen LogP contribution in [0.4, 0.5) is 0 Å². The highest BCUT2D eigenvalue weighted by Crippen LogP contribution is 2.46. The van der Waals surface area contributed by atoms with E-state index in [1.54, 1.807) is 0 Å². The molecule has 1 aliphatic heterocycles. The van der Waals surface area contributed by atoms with E-state index in [9.17, 15) is 0 Å². The van der Waals surface area contributed by atoms with Crippen LogP contribution in [0.25, 0.3) is 0 Å². The van der Waals surface area contributed by atoms with Crippen LogP contribution in [0.3, 0.4) is 0 Å². The molecule has 0 aromatic heterocycles. The van der Waals surface area contributed by atoms with E-state index in [2.05, 4.69) is 18.7 Å². The lowest BCUT2D eigenvalue weighted by atomic mass is 10.1. The molecule has 2 fully saturated rings. The van der Waals surface area contributed by atoms with Crippen molar-refractivity contribution in [2.45, 2.75) is 32.8 Å². The van der Waals surface area contributed by atoms with Crippen LogP contribution >= 0.6 is 0 Å². The largest absolute Gasteiger partial charge is 0.381 e. The van der Waals surface area contributed by atoms with Crippen LogP contribution in [0.5, 0.6) is 0 Å². The Morgan fingerprint density at radius 3 is 2.87 bits per heavy atom. The minimum atomic E-state index is 0.404. The van der Waals surface area contributed by atoms with E-state index in [1.165, 1.54) is 19.4 Å². The second-order valence-corrected chi connectivity index (χ2v) is 5.05. The molecule has 2 aliphatic rings. The third-order valence-corrected chi connectivity index (χ3v) is 3.45. The molecule has 0 aromatic rings. The van der Waals surface area contributed by atoms with Gasteiger partial charge in [-0.05, 0) is 26.7 Å². The topological polar surface area (TPSA) is 21.7 Å². The zero-order chi connectivity index (χ0) is 10.7. The predicted molar refractivity (Wildman–Crippen MR) is 60.0 cm³/mol. The third kappa shape index (κ3) is 3.16. The van der Waals surface area contributed by atoms with Crippen molar-refractivity contribution < 1.29 is 9.47 Å². The van der Waals surface area contributed by atoms with Gasteiger partial charge in [-0.3, -0.25) is 4.90 Å². The second kappa shape index (κ2) is 4.81. The number of ether oxygens (including phenoxy) is 2. The number of rotatable bonds is 5. The summed E-state index contributed by atoms with van der Waals surface area (Å²) in [5.41, 5.74) is 0.493. The van der Waals surface area contributed by atoms with E-state index in [0.29, 0.717) is 11.5 Å². The molecule has 0 spiro atoms. The fourth-order valence-electron chi connectivity index (χ4n) is 2.35. The smallest absolute Gasteiger partial charge is 0.0674 e. The van der Waals surface area contributed by atoms with Gasteiger partial charge in [0, 0.05) is 31.7 Å². The Morgan fingerprint density at radius 1 is 1.47 bits per heavy atom. The fourth-order valence-corrected chi connectivity index (χ4v) is 2.35. The molecule has 0 N–H and O–H groups in total. The highest BCUT2D eigenvalue weighted by Gasteiger charge is 2.44. The maximum Gasteiger partial charge on any atom is 0.0674 e. The summed E-state index contributed by atoms with van der Waals surface area (Å²) < 4.78 is 11.1. The molecule has 3 heteroatoms. The lowest BCUT2D eigenvalue weighted by molar-refractivity contribution is -0.0309. The van der Waals surface area contributed by atoms with E-state index in [1.807, 2.05) is 0 Å². The first-order valence-electron chi connectivity index (χ1n) is 6.16. The van der Waals surface area contributed by atoms with Gasteiger partial charge in [0.15, 0.2) is 0 Å². The summed E-state index contributed by atoms with van der Waals surface area (Å²) >= 11 is 0. The minimum absolute atomic E-state index is 0.404. The Kier molecular flexibility index (Phi) is 3.65. The summed E-state index contributed by atoms with van der Waals surface area (Å²) in [7, 11) is 0. The highest BCUT2D eigenvalue weighted by atomic mass is 16.5. The van der Waals surface area contributed by atoms with Crippen LogP contribution in [0.1, 0.15) is 26.7 Å². The summed E-state index contributed by atoms with van der Waals surface area (Å²) in [6.45, 7) is 10.3. The molecule has 1 aliphatic carbocycles. The normalized spacial score (nSPS) is 30.4. The maximum absolute atomic E-state index is 5.57. The van der Waals surface area contributed by atoms with E-state index in [-0.39, 0.29) is 0 Å². The first-order valence-corrected chi connectivity index (χ1v) is 6.16. The number of hydrogen-bond donors (Lipinski definition) is 0. The molecule has 0 radical (unpaired) electrons. The maximum atomic E-state index is 5.57. The monoisotopic (exact) mass is 213 g/mol. The van der Waals surface area contributed by atoms with Gasteiger partial charge in [0.25, 0.3) is 0 Å². The molecule has 0 aromatic carbocycles. The zero-order valence-electron chi connectivity index (χ0n) is 10.00. The van der Waals surface area contributed by atoms with Gasteiger partial charge in [-0.1, -0.05) is 0 Å². The molecular weight excluding hydrogens is 190 g/mol. The van der Waals surface area contributed by atoms with E-state index in [4.69, 9.17) is 9.47 Å². The molecule has 3 nitrogen and oxygen atoms in total. The second-order valence-electron chi connectivity index (χ2n) is 5.05. The molecular formula is C12H23NO2. The standard InChI is InChI=1S/C12H23NO2/c1-3-14-10-12(4-5-12)9-13-6-7-15-11(2)8-13/h11H,3-10H2,1-2H3/t11-/m1/s1. The van der Waals surface area contributed by atoms with Crippen LogP contribution < -0.4 is 0 Å². The summed E-state index contributed by atoms with van der Waals surface area (Å²) in [5.74, 6) is 0. The van der Waals surface area contributed by atoms with Gasteiger partial charge in [-0.15, -0.1) is 0 Å². The number of nitrogens with zero attached hydrogens (tertiary/aromatic N) is 1. The first-order chi connectivity index (χ1) is 7.24. The van der Waals surface area contributed by atoms with Crippen molar-refractivity contribution in [2.24, 2.45) is 5.41 Å². The van der Waals surface area contributed by atoms with Crippen molar-refractivity contribution in [3.05, 3.63) is 0 Å². The van der Waals surface area contributed by atoms with E-state index < -0.39 is 0 Å². The van der Waals surface area contributed by atoms with Gasteiger partial charge in [-0.2, -0.15) is 0 Å². The Bertz CT molecular complexity index is 204. The van der Waals surface area contributed by atoms with Crippen molar-refractivity contribution in [1.29, 1.82) is 0 Å². The molecule has 15 heavy (non-hydrogen) atoms. The van der Waals surface area contributed by atoms with E-state index >= 15 is 0 Å². The van der Waals surface area contributed by atoms with Crippen LogP contribution in [0.15, 0.2) is 0 Å². The third-order valence-electron chi connectivity index (χ3n) is 3.45. The van der Waals surface area contributed by atoms with Gasteiger partial charge >= 0.3 is 0 Å². The Labute approximate surface area is 92.7 Å². The van der Waals surface area contributed by atoms with Crippen molar-refractivity contribution in [3.63, 3.8) is 0 Å². The summed E-state index contributed by atoms with van der Waals surface area (Å²) in [6, 6.07) is 0. The molecule has 2 rings (SSSR count). The molecule has 1 saturated carbocycles. The number of morpholine rings is 1. The molecule has 88 valence electrons. The molecule has 0 amide bonds. The number of hydrogen-bond acceptors (Lipinski definition) is 3. The summed E-state index contributed by atoms with van der Waals surface area (Å²) in [4.78, 5) is 2.54. The van der Waals surface area contributed by atoms with Crippen molar-refractivity contribution >= 4 is 0 Å². The SMILES string of the molecule is CCOCC1(CN2CCO[C@H](C)C2)CC1. The molecule has 1 heterocycles. The average Bonchev–Trinajstić information content (AvgIpc) is 2.96. The molecule has 1 atom stereocenters. The van der Waals surface area contributed by atoms with Crippen molar-refractivity contribution in [3.8, 4) is 0 Å². The fraction of sp³-hybridized carbons (Fsp3) is 1.00. The van der Waals surface area contributed by atoms with Crippen LogP contribution in [0.2, 0.25) is 0 Å². The van der Waals surface area contributed by atoms with Crippen LogP contribution in [-0.2, 0) is 9.47 Å². The zero-order valence-corrected chi connectivity index (χ0v) is 10.00. The van der Waals surface area contributed by atoms with Crippen LogP contribution in [-0.4, -0.2) is 50.5 Å². The molecule has 0 unspecified atom stereocenters. The van der Waals surface area contributed by atoms with Gasteiger partial charge < -0.3 is 9.47 Å². The highest BCUT2D eigenvalue weighted by molar-refractivity contribution is 4.96. The lowest BCUT2D eigenvalue weighted by Crippen LogP contribution is -2.44.